The molecule has 0 amide bonds. The van der Waals surface area contributed by atoms with Gasteiger partial charge in [0.15, 0.2) is 0 Å². The molecular formula is C13H18N4. The first-order valence-corrected chi connectivity index (χ1v) is 5.79. The smallest absolute Gasteiger partial charge is 0.146 e. The van der Waals surface area contributed by atoms with E-state index in [-0.39, 0.29) is 0 Å². The summed E-state index contributed by atoms with van der Waals surface area (Å²) < 4.78 is 1.93. The van der Waals surface area contributed by atoms with Gasteiger partial charge in [0.05, 0.1) is 6.54 Å². The Kier molecular flexibility index (Phi) is 3.54. The Bertz CT molecular complexity index is 490. The molecular weight excluding hydrogens is 212 g/mol. The normalized spacial score (nSPS) is 12.6. The van der Waals surface area contributed by atoms with E-state index in [4.69, 9.17) is 0 Å². The minimum absolute atomic E-state index is 0.312. The summed E-state index contributed by atoms with van der Waals surface area (Å²) >= 11 is 0. The van der Waals surface area contributed by atoms with Crippen LogP contribution in [0.25, 0.3) is 0 Å². The van der Waals surface area contributed by atoms with Crippen molar-refractivity contribution in [3.05, 3.63) is 47.5 Å². The average Bonchev–Trinajstić information content (AvgIpc) is 2.72. The van der Waals surface area contributed by atoms with Gasteiger partial charge < -0.3 is 9.88 Å². The molecule has 0 saturated carbocycles. The predicted molar refractivity (Wildman–Crippen MR) is 67.4 cm³/mol. The van der Waals surface area contributed by atoms with Gasteiger partial charge in [0, 0.05) is 13.1 Å². The van der Waals surface area contributed by atoms with Gasteiger partial charge in [-0.05, 0) is 19.4 Å². The summed E-state index contributed by atoms with van der Waals surface area (Å²) in [5.41, 5.74) is 2.59. The highest BCUT2D eigenvalue weighted by atomic mass is 15.3. The predicted octanol–water partition coefficient (Wildman–Crippen LogP) is 1.97. The summed E-state index contributed by atoms with van der Waals surface area (Å²) in [7, 11) is 1.95. The van der Waals surface area contributed by atoms with E-state index in [1.54, 1.807) is 6.33 Å². The highest BCUT2D eigenvalue weighted by molar-refractivity contribution is 5.24. The molecule has 1 heterocycles. The number of nitrogens with zero attached hydrogens (tertiary/aromatic N) is 3. The summed E-state index contributed by atoms with van der Waals surface area (Å²) in [5.74, 6) is 0.949. The lowest BCUT2D eigenvalue weighted by atomic mass is 10.1. The summed E-state index contributed by atoms with van der Waals surface area (Å²) in [6.07, 6.45) is 1.72. The Labute approximate surface area is 102 Å². The van der Waals surface area contributed by atoms with Gasteiger partial charge in [0.2, 0.25) is 0 Å². The summed E-state index contributed by atoms with van der Waals surface area (Å²) in [6.45, 7) is 5.00. The van der Waals surface area contributed by atoms with Crippen molar-refractivity contribution in [1.82, 2.24) is 20.1 Å². The minimum Gasteiger partial charge on any atom is -0.320 e. The Morgan fingerprint density at radius 2 is 2.24 bits per heavy atom. The number of hydrogen-bond donors (Lipinski definition) is 1. The van der Waals surface area contributed by atoms with Crippen molar-refractivity contribution in [2.45, 2.75) is 26.4 Å². The quantitative estimate of drug-likeness (QED) is 0.873. The first-order chi connectivity index (χ1) is 8.16. The molecule has 2 rings (SSSR count). The van der Waals surface area contributed by atoms with E-state index < -0.39 is 0 Å². The molecule has 4 nitrogen and oxygen atoms in total. The molecule has 2 aromatic rings. The fourth-order valence-electron chi connectivity index (χ4n) is 1.77. The topological polar surface area (TPSA) is 42.7 Å². The lowest BCUT2D eigenvalue weighted by Crippen LogP contribution is -2.20. The van der Waals surface area contributed by atoms with Crippen LogP contribution in [0, 0.1) is 6.92 Å². The number of aromatic nitrogens is 3. The van der Waals surface area contributed by atoms with Crippen molar-refractivity contribution in [3.63, 3.8) is 0 Å². The highest BCUT2D eigenvalue weighted by Gasteiger charge is 2.06. The summed E-state index contributed by atoms with van der Waals surface area (Å²) in [6, 6.07) is 8.85. The zero-order valence-electron chi connectivity index (χ0n) is 10.5. The van der Waals surface area contributed by atoms with E-state index in [1.165, 1.54) is 11.1 Å². The van der Waals surface area contributed by atoms with Crippen LogP contribution in [0.4, 0.5) is 0 Å². The maximum atomic E-state index is 4.05. The van der Waals surface area contributed by atoms with Gasteiger partial charge in [-0.15, -0.1) is 10.2 Å². The number of nitrogens with one attached hydrogen (secondary N) is 1. The summed E-state index contributed by atoms with van der Waals surface area (Å²) in [4.78, 5) is 0. The number of aryl methyl sites for hydroxylation is 2. The van der Waals surface area contributed by atoms with Crippen LogP contribution in [-0.4, -0.2) is 14.8 Å². The highest BCUT2D eigenvalue weighted by Crippen LogP contribution is 2.13. The van der Waals surface area contributed by atoms with Crippen LogP contribution in [0.1, 0.15) is 29.9 Å². The van der Waals surface area contributed by atoms with E-state index in [0.717, 1.165) is 12.4 Å². The maximum Gasteiger partial charge on any atom is 0.146 e. The van der Waals surface area contributed by atoms with Crippen molar-refractivity contribution >= 4 is 0 Å². The zero-order chi connectivity index (χ0) is 12.3. The third-order valence-electron chi connectivity index (χ3n) is 2.91. The minimum atomic E-state index is 0.312. The van der Waals surface area contributed by atoms with Crippen molar-refractivity contribution < 1.29 is 0 Å². The molecule has 0 spiro atoms. The Balaban J connectivity index is 1.98. The number of hydrogen-bond acceptors (Lipinski definition) is 3. The van der Waals surface area contributed by atoms with Gasteiger partial charge >= 0.3 is 0 Å². The molecule has 1 N–H and O–H groups in total. The molecule has 4 heteroatoms. The monoisotopic (exact) mass is 230 g/mol. The van der Waals surface area contributed by atoms with Gasteiger partial charge in [0.25, 0.3) is 0 Å². The first-order valence-electron chi connectivity index (χ1n) is 5.79. The lowest BCUT2D eigenvalue weighted by molar-refractivity contribution is 0.548. The van der Waals surface area contributed by atoms with E-state index in [0.29, 0.717) is 6.04 Å². The Morgan fingerprint density at radius 3 is 2.88 bits per heavy atom. The largest absolute Gasteiger partial charge is 0.320 e. The molecule has 90 valence electrons. The van der Waals surface area contributed by atoms with Crippen LogP contribution in [-0.2, 0) is 13.6 Å². The molecule has 0 unspecified atom stereocenters. The van der Waals surface area contributed by atoms with Gasteiger partial charge in [-0.1, -0.05) is 29.8 Å². The second kappa shape index (κ2) is 5.10. The van der Waals surface area contributed by atoms with Crippen molar-refractivity contribution in [2.24, 2.45) is 7.05 Å². The zero-order valence-corrected chi connectivity index (χ0v) is 10.5. The van der Waals surface area contributed by atoms with Crippen molar-refractivity contribution in [1.29, 1.82) is 0 Å². The molecule has 1 atom stereocenters. The van der Waals surface area contributed by atoms with Crippen molar-refractivity contribution in [2.75, 3.05) is 0 Å². The van der Waals surface area contributed by atoms with Gasteiger partial charge in [-0.25, -0.2) is 0 Å². The Morgan fingerprint density at radius 1 is 1.41 bits per heavy atom. The van der Waals surface area contributed by atoms with E-state index >= 15 is 0 Å². The van der Waals surface area contributed by atoms with Crippen LogP contribution >= 0.6 is 0 Å². The maximum absolute atomic E-state index is 4.05. The SMILES string of the molecule is Cc1cccc([C@@H](C)NCc2nncn2C)c1. The fraction of sp³-hybridized carbons (Fsp3) is 0.385. The third kappa shape index (κ3) is 2.91. The third-order valence-corrected chi connectivity index (χ3v) is 2.91. The number of rotatable bonds is 4. The second-order valence-corrected chi connectivity index (χ2v) is 4.37. The van der Waals surface area contributed by atoms with Gasteiger partial charge in [-0.3, -0.25) is 0 Å². The van der Waals surface area contributed by atoms with E-state index in [9.17, 15) is 0 Å². The molecule has 0 aliphatic carbocycles. The summed E-state index contributed by atoms with van der Waals surface area (Å²) in [5, 5.41) is 11.4. The molecule has 0 aliphatic heterocycles. The molecule has 0 bridgehead atoms. The molecule has 0 radical (unpaired) electrons. The first kappa shape index (κ1) is 11.8. The molecule has 17 heavy (non-hydrogen) atoms. The van der Waals surface area contributed by atoms with Gasteiger partial charge in [0.1, 0.15) is 12.2 Å². The van der Waals surface area contributed by atoms with Crippen molar-refractivity contribution in [3.8, 4) is 0 Å². The lowest BCUT2D eigenvalue weighted by Gasteiger charge is -2.14. The van der Waals surface area contributed by atoms with E-state index in [2.05, 4.69) is 53.6 Å². The van der Waals surface area contributed by atoms with Crippen LogP contribution < -0.4 is 5.32 Å². The van der Waals surface area contributed by atoms with Gasteiger partial charge in [-0.2, -0.15) is 0 Å². The average molecular weight is 230 g/mol. The standard InChI is InChI=1S/C13H18N4/c1-10-5-4-6-12(7-10)11(2)14-8-13-16-15-9-17(13)3/h4-7,9,11,14H,8H2,1-3H3/t11-/m1/s1. The number of benzene rings is 1. The molecule has 1 aromatic carbocycles. The van der Waals surface area contributed by atoms with E-state index in [1.807, 2.05) is 11.6 Å². The van der Waals surface area contributed by atoms with Crippen LogP contribution in [0.15, 0.2) is 30.6 Å². The van der Waals surface area contributed by atoms with Crippen LogP contribution in [0.2, 0.25) is 0 Å². The fourth-order valence-corrected chi connectivity index (χ4v) is 1.77. The van der Waals surface area contributed by atoms with Crippen LogP contribution in [0.3, 0.4) is 0 Å². The Hall–Kier alpha value is -1.68. The molecule has 0 aliphatic rings. The second-order valence-electron chi connectivity index (χ2n) is 4.37. The molecule has 1 aromatic heterocycles. The molecule has 0 saturated heterocycles. The van der Waals surface area contributed by atoms with Crippen LogP contribution in [0.5, 0.6) is 0 Å². The molecule has 0 fully saturated rings.